The summed E-state index contributed by atoms with van der Waals surface area (Å²) in [5.74, 6) is 0. The Morgan fingerprint density at radius 3 is 2.65 bits per heavy atom. The molecule has 0 aromatic heterocycles. The maximum atomic E-state index is 13.1. The number of aryl methyl sites for hydroxylation is 2. The lowest BCUT2D eigenvalue weighted by atomic mass is 9.96. The van der Waals surface area contributed by atoms with Gasteiger partial charge in [0.1, 0.15) is 0 Å². The van der Waals surface area contributed by atoms with Crippen molar-refractivity contribution in [3.8, 4) is 0 Å². The fourth-order valence-electron chi connectivity index (χ4n) is 3.53. The fraction of sp³-hybridized carbons (Fsp3) is 0.278. The second kappa shape index (κ2) is 4.93. The summed E-state index contributed by atoms with van der Waals surface area (Å²) in [4.78, 5) is 4.50. The van der Waals surface area contributed by atoms with Crippen molar-refractivity contribution in [2.24, 2.45) is 4.99 Å². The van der Waals surface area contributed by atoms with E-state index in [2.05, 4.69) is 4.99 Å². The van der Waals surface area contributed by atoms with Crippen LogP contribution in [0.5, 0.6) is 0 Å². The van der Waals surface area contributed by atoms with E-state index in [0.717, 1.165) is 23.1 Å². The van der Waals surface area contributed by atoms with E-state index in [9.17, 15) is 8.42 Å². The lowest BCUT2D eigenvalue weighted by molar-refractivity contribution is 0.0826. The number of sulfone groups is 1. The predicted molar refractivity (Wildman–Crippen MR) is 88.2 cm³/mol. The number of hydrogen-bond donors (Lipinski definition) is 0. The van der Waals surface area contributed by atoms with Gasteiger partial charge in [0.05, 0.1) is 4.90 Å². The number of aliphatic imine (C=N–C) groups is 1. The molecule has 1 heterocycles. The SMILES string of the molecule is Cc1ccc(S(=O)(=O)[C@@H]2N=COC23CCc2ccccc23)cc1. The third kappa shape index (κ3) is 2.03. The zero-order chi connectivity index (χ0) is 16.1. The number of hydrogen-bond acceptors (Lipinski definition) is 4. The maximum Gasteiger partial charge on any atom is 0.205 e. The molecule has 4 rings (SSSR count). The van der Waals surface area contributed by atoms with Gasteiger partial charge in [0.2, 0.25) is 15.2 Å². The third-order valence-corrected chi connectivity index (χ3v) is 6.76. The van der Waals surface area contributed by atoms with Gasteiger partial charge in [-0.2, -0.15) is 0 Å². The molecule has 1 aliphatic heterocycles. The Hall–Kier alpha value is -2.14. The van der Waals surface area contributed by atoms with Gasteiger partial charge in [0.25, 0.3) is 0 Å². The molecule has 2 aromatic rings. The second-order valence-corrected chi connectivity index (χ2v) is 8.14. The van der Waals surface area contributed by atoms with E-state index in [0.29, 0.717) is 11.3 Å². The van der Waals surface area contributed by atoms with E-state index < -0.39 is 20.8 Å². The van der Waals surface area contributed by atoms with Crippen molar-refractivity contribution in [1.82, 2.24) is 0 Å². The van der Waals surface area contributed by atoms with E-state index in [1.165, 1.54) is 6.40 Å². The third-order valence-electron chi connectivity index (χ3n) is 4.74. The van der Waals surface area contributed by atoms with Gasteiger partial charge in [-0.1, -0.05) is 42.0 Å². The van der Waals surface area contributed by atoms with Gasteiger partial charge < -0.3 is 4.74 Å². The van der Waals surface area contributed by atoms with Crippen molar-refractivity contribution >= 4 is 16.2 Å². The molecule has 5 heteroatoms. The summed E-state index contributed by atoms with van der Waals surface area (Å²) in [7, 11) is -3.61. The molecule has 0 saturated heterocycles. The Morgan fingerprint density at radius 1 is 1.13 bits per heavy atom. The highest BCUT2D eigenvalue weighted by Gasteiger charge is 2.55. The van der Waals surface area contributed by atoms with Gasteiger partial charge in [-0.15, -0.1) is 0 Å². The highest BCUT2D eigenvalue weighted by Crippen LogP contribution is 2.48. The molecule has 2 aliphatic rings. The van der Waals surface area contributed by atoms with Crippen molar-refractivity contribution in [2.75, 3.05) is 0 Å². The molecule has 1 spiro atoms. The molecular weight excluding hydrogens is 310 g/mol. The Labute approximate surface area is 135 Å². The molecule has 1 aliphatic carbocycles. The summed E-state index contributed by atoms with van der Waals surface area (Å²) >= 11 is 0. The van der Waals surface area contributed by atoms with Crippen molar-refractivity contribution in [1.29, 1.82) is 0 Å². The number of ether oxygens (including phenoxy) is 1. The van der Waals surface area contributed by atoms with Crippen molar-refractivity contribution in [3.63, 3.8) is 0 Å². The van der Waals surface area contributed by atoms with Crippen LogP contribution in [-0.2, 0) is 26.6 Å². The average Bonchev–Trinajstić information content (AvgIpc) is 3.15. The monoisotopic (exact) mass is 327 g/mol. The van der Waals surface area contributed by atoms with Crippen molar-refractivity contribution < 1.29 is 13.2 Å². The average molecular weight is 327 g/mol. The van der Waals surface area contributed by atoms with Gasteiger partial charge in [-0.3, -0.25) is 0 Å². The predicted octanol–water partition coefficient (Wildman–Crippen LogP) is 3.00. The number of benzene rings is 2. The minimum atomic E-state index is -3.61. The van der Waals surface area contributed by atoms with Crippen LogP contribution >= 0.6 is 0 Å². The zero-order valence-electron chi connectivity index (χ0n) is 12.8. The van der Waals surface area contributed by atoms with Gasteiger partial charge in [0, 0.05) is 5.56 Å². The maximum absolute atomic E-state index is 13.1. The van der Waals surface area contributed by atoms with E-state index in [1.54, 1.807) is 12.1 Å². The van der Waals surface area contributed by atoms with Crippen LogP contribution < -0.4 is 0 Å². The molecule has 1 unspecified atom stereocenters. The van der Waals surface area contributed by atoms with Crippen LogP contribution in [-0.4, -0.2) is 20.2 Å². The van der Waals surface area contributed by atoms with E-state index in [1.807, 2.05) is 43.3 Å². The van der Waals surface area contributed by atoms with Gasteiger partial charge >= 0.3 is 0 Å². The first kappa shape index (κ1) is 14.5. The summed E-state index contributed by atoms with van der Waals surface area (Å²) in [6.45, 7) is 1.93. The number of fused-ring (bicyclic) bond motifs is 2. The highest BCUT2D eigenvalue weighted by molar-refractivity contribution is 7.92. The van der Waals surface area contributed by atoms with E-state index in [4.69, 9.17) is 4.74 Å². The van der Waals surface area contributed by atoms with Crippen molar-refractivity contribution in [2.45, 2.75) is 35.6 Å². The van der Waals surface area contributed by atoms with Gasteiger partial charge in [-0.05, 0) is 37.5 Å². The summed E-state index contributed by atoms with van der Waals surface area (Å²) in [6.07, 6.45) is 2.74. The quantitative estimate of drug-likeness (QED) is 0.852. The molecule has 0 bridgehead atoms. The number of rotatable bonds is 2. The molecule has 0 amide bonds. The van der Waals surface area contributed by atoms with Crippen LogP contribution in [0.25, 0.3) is 0 Å². The van der Waals surface area contributed by atoms with Crippen LogP contribution in [0.4, 0.5) is 0 Å². The summed E-state index contributed by atoms with van der Waals surface area (Å²) in [6, 6.07) is 14.8. The first-order chi connectivity index (χ1) is 11.0. The first-order valence-electron chi connectivity index (χ1n) is 7.62. The Balaban J connectivity index is 1.83. The molecule has 0 fully saturated rings. The van der Waals surface area contributed by atoms with Crippen LogP contribution in [0.1, 0.15) is 23.1 Å². The molecule has 23 heavy (non-hydrogen) atoms. The minimum Gasteiger partial charge on any atom is -0.469 e. The summed E-state index contributed by atoms with van der Waals surface area (Å²) in [5, 5.41) is -0.929. The topological polar surface area (TPSA) is 55.7 Å². The Kier molecular flexibility index (Phi) is 3.10. The molecule has 0 saturated carbocycles. The molecule has 118 valence electrons. The molecule has 4 nitrogen and oxygen atoms in total. The second-order valence-electron chi connectivity index (χ2n) is 6.13. The van der Waals surface area contributed by atoms with Crippen LogP contribution in [0.3, 0.4) is 0 Å². The minimum absolute atomic E-state index is 0.291. The highest BCUT2D eigenvalue weighted by atomic mass is 32.2. The summed E-state index contributed by atoms with van der Waals surface area (Å²) in [5.41, 5.74) is 2.22. The van der Waals surface area contributed by atoms with Crippen LogP contribution in [0, 0.1) is 6.92 Å². The zero-order valence-corrected chi connectivity index (χ0v) is 13.6. The smallest absolute Gasteiger partial charge is 0.205 e. The normalized spacial score (nSPS) is 25.5. The van der Waals surface area contributed by atoms with E-state index in [-0.39, 0.29) is 0 Å². The molecule has 0 radical (unpaired) electrons. The lowest BCUT2D eigenvalue weighted by Gasteiger charge is -2.29. The fourth-order valence-corrected chi connectivity index (χ4v) is 5.32. The number of nitrogens with zero attached hydrogens (tertiary/aromatic N) is 1. The lowest BCUT2D eigenvalue weighted by Crippen LogP contribution is -2.40. The van der Waals surface area contributed by atoms with Gasteiger partial charge in [-0.25, -0.2) is 13.4 Å². The van der Waals surface area contributed by atoms with Crippen molar-refractivity contribution in [3.05, 3.63) is 65.2 Å². The Bertz CT molecular complexity index is 887. The molecular formula is C18H17NO3S. The largest absolute Gasteiger partial charge is 0.469 e. The Morgan fingerprint density at radius 2 is 1.87 bits per heavy atom. The standard InChI is InChI=1S/C18H17NO3S/c1-13-6-8-15(9-7-13)23(20,21)17-18(22-12-19-17)11-10-14-4-2-3-5-16(14)18/h2-9,12,17H,10-11H2,1H3/t17-,18?/m0/s1. The first-order valence-corrected chi connectivity index (χ1v) is 9.17. The van der Waals surface area contributed by atoms with Crippen LogP contribution in [0.15, 0.2) is 58.4 Å². The van der Waals surface area contributed by atoms with Crippen LogP contribution in [0.2, 0.25) is 0 Å². The molecule has 2 aromatic carbocycles. The summed E-state index contributed by atoms with van der Waals surface area (Å²) < 4.78 is 32.0. The molecule has 2 atom stereocenters. The molecule has 0 N–H and O–H groups in total. The van der Waals surface area contributed by atoms with E-state index >= 15 is 0 Å². The van der Waals surface area contributed by atoms with Gasteiger partial charge in [0.15, 0.2) is 12.0 Å².